The molecule has 268 valence electrons. The highest BCUT2D eigenvalue weighted by Gasteiger charge is 2.27. The van der Waals surface area contributed by atoms with E-state index in [9.17, 15) is 14.7 Å². The number of carbonyl (C=O) groups excluding carboxylic acids is 2. The molecule has 0 radical (unpaired) electrons. The fourth-order valence-corrected chi connectivity index (χ4v) is 5.38. The second-order valence-corrected chi connectivity index (χ2v) is 21.0. The molecule has 0 fully saturated rings. The van der Waals surface area contributed by atoms with Crippen LogP contribution in [0.25, 0.3) is 0 Å². The Morgan fingerprint density at radius 1 is 0.711 bits per heavy atom. The van der Waals surface area contributed by atoms with Crippen molar-refractivity contribution in [3.8, 4) is 0 Å². The molecule has 0 aliphatic carbocycles. The first-order valence-electron chi connectivity index (χ1n) is 17.6. The summed E-state index contributed by atoms with van der Waals surface area (Å²) in [5.41, 5.74) is 1.36. The molecule has 0 saturated carbocycles. The number of aliphatic hydroxyl groups excluding tert-OH is 1. The standard InChI is InChI=1S/C14H28O2.C13H25NO.C13H26O/c1-13(2,3)8-11(10-15)7-12(16)9-14(4,5)6;1-12(2,3)7-10-9-15-11(14-10)8-13(4,5)6;1-12(2,3)9-7-8-11(14)10-13(4,5)6/h11,15H,7-10H2,1-6H3;10H,7-9H2,1-6H3;7-10H2,1-6H3. The summed E-state index contributed by atoms with van der Waals surface area (Å²) >= 11 is 0. The Kier molecular flexibility index (Phi) is 19.3. The third-order valence-corrected chi connectivity index (χ3v) is 6.81. The number of aliphatic hydroxyl groups is 1. The highest BCUT2D eigenvalue weighted by atomic mass is 16.5. The van der Waals surface area contributed by atoms with Crippen LogP contribution < -0.4 is 0 Å². The van der Waals surface area contributed by atoms with Crippen molar-refractivity contribution in [1.82, 2.24) is 0 Å². The molecule has 45 heavy (non-hydrogen) atoms. The van der Waals surface area contributed by atoms with Gasteiger partial charge in [-0.25, -0.2) is 4.99 Å². The number of Topliss-reactive ketones (excluding diaryl/α,β-unsaturated/α-hetero) is 2. The van der Waals surface area contributed by atoms with Crippen molar-refractivity contribution in [3.63, 3.8) is 0 Å². The van der Waals surface area contributed by atoms with Crippen molar-refractivity contribution in [2.45, 2.75) is 188 Å². The summed E-state index contributed by atoms with van der Waals surface area (Å²) in [5.74, 6) is 1.77. The lowest BCUT2D eigenvalue weighted by Gasteiger charge is -2.25. The van der Waals surface area contributed by atoms with E-state index < -0.39 is 0 Å². The number of carbonyl (C=O) groups is 2. The molecule has 1 N–H and O–H groups in total. The quantitative estimate of drug-likeness (QED) is 0.244. The molecule has 0 amide bonds. The molecule has 0 bridgehead atoms. The van der Waals surface area contributed by atoms with Crippen LogP contribution in [0.15, 0.2) is 4.99 Å². The SMILES string of the molecule is CC(C)(C)CC(=O)CC(CO)CC(C)(C)C.CC(C)(C)CC1=NC(CC(C)(C)C)CO1.CC(C)(C)CCCC(=O)CC(C)(C)C. The molecule has 0 aromatic rings. The Morgan fingerprint density at radius 2 is 1.20 bits per heavy atom. The summed E-state index contributed by atoms with van der Waals surface area (Å²) in [6.45, 7) is 40.0. The van der Waals surface area contributed by atoms with E-state index in [0.29, 0.717) is 35.5 Å². The highest BCUT2D eigenvalue weighted by Crippen LogP contribution is 2.29. The lowest BCUT2D eigenvalue weighted by Crippen LogP contribution is -2.21. The summed E-state index contributed by atoms with van der Waals surface area (Å²) in [7, 11) is 0. The van der Waals surface area contributed by atoms with Crippen LogP contribution in [0.5, 0.6) is 0 Å². The van der Waals surface area contributed by atoms with Crippen molar-refractivity contribution in [1.29, 1.82) is 0 Å². The van der Waals surface area contributed by atoms with Crippen LogP contribution in [0.2, 0.25) is 0 Å². The van der Waals surface area contributed by atoms with Crippen LogP contribution in [-0.4, -0.2) is 41.8 Å². The van der Waals surface area contributed by atoms with Gasteiger partial charge in [0.15, 0.2) is 5.90 Å². The van der Waals surface area contributed by atoms with Gasteiger partial charge in [-0.15, -0.1) is 0 Å². The number of rotatable bonds is 11. The van der Waals surface area contributed by atoms with Crippen molar-refractivity contribution in [2.75, 3.05) is 13.2 Å². The lowest BCUT2D eigenvalue weighted by atomic mass is 9.81. The summed E-state index contributed by atoms with van der Waals surface area (Å²) in [6, 6.07) is 0.377. The zero-order valence-corrected chi connectivity index (χ0v) is 33.6. The molecule has 2 atom stereocenters. The Morgan fingerprint density at radius 3 is 1.58 bits per heavy atom. The summed E-state index contributed by atoms with van der Waals surface area (Å²) in [4.78, 5) is 28.0. The predicted octanol–water partition coefficient (Wildman–Crippen LogP) is 11.3. The van der Waals surface area contributed by atoms with E-state index >= 15 is 0 Å². The van der Waals surface area contributed by atoms with Crippen molar-refractivity contribution in [3.05, 3.63) is 0 Å². The number of nitrogens with zero attached hydrogens (tertiary/aromatic N) is 1. The second-order valence-electron chi connectivity index (χ2n) is 21.0. The molecule has 2 unspecified atom stereocenters. The maximum atomic E-state index is 11.8. The van der Waals surface area contributed by atoms with Crippen molar-refractivity contribution >= 4 is 17.5 Å². The third kappa shape index (κ3) is 33.9. The van der Waals surface area contributed by atoms with E-state index in [0.717, 1.165) is 57.5 Å². The molecular formula is C40H79NO4. The number of ether oxygens (including phenoxy) is 1. The molecule has 0 aromatic heterocycles. The molecule has 0 spiro atoms. The largest absolute Gasteiger partial charge is 0.479 e. The van der Waals surface area contributed by atoms with Crippen LogP contribution in [0, 0.1) is 38.4 Å². The minimum Gasteiger partial charge on any atom is -0.479 e. The fraction of sp³-hybridized carbons (Fsp3) is 0.925. The highest BCUT2D eigenvalue weighted by molar-refractivity contribution is 5.79. The molecule has 0 aromatic carbocycles. The molecule has 0 saturated heterocycles. The van der Waals surface area contributed by atoms with Gasteiger partial charge in [-0.2, -0.15) is 0 Å². The number of hydrogen-bond acceptors (Lipinski definition) is 5. The van der Waals surface area contributed by atoms with Crippen LogP contribution in [0.1, 0.15) is 182 Å². The van der Waals surface area contributed by atoms with Gasteiger partial charge in [0.2, 0.25) is 0 Å². The van der Waals surface area contributed by atoms with Gasteiger partial charge in [-0.05, 0) is 64.1 Å². The van der Waals surface area contributed by atoms with Crippen LogP contribution in [-0.2, 0) is 14.3 Å². The van der Waals surface area contributed by atoms with E-state index in [4.69, 9.17) is 4.74 Å². The normalized spacial score (nSPS) is 16.9. The summed E-state index contributed by atoms with van der Waals surface area (Å²) in [6.07, 6.45) is 7.75. The van der Waals surface area contributed by atoms with Gasteiger partial charge < -0.3 is 9.84 Å². The topological polar surface area (TPSA) is 76.0 Å². The van der Waals surface area contributed by atoms with E-state index in [1.54, 1.807) is 0 Å². The average molecular weight is 638 g/mol. The summed E-state index contributed by atoms with van der Waals surface area (Å²) < 4.78 is 5.64. The van der Waals surface area contributed by atoms with Gasteiger partial charge in [-0.3, -0.25) is 9.59 Å². The number of hydrogen-bond donors (Lipinski definition) is 1. The zero-order valence-electron chi connectivity index (χ0n) is 33.6. The first-order valence-corrected chi connectivity index (χ1v) is 17.6. The predicted molar refractivity (Wildman–Crippen MR) is 196 cm³/mol. The number of aliphatic imine (C=N–C) groups is 1. The third-order valence-electron chi connectivity index (χ3n) is 6.81. The number of ketones is 2. The zero-order chi connectivity index (χ0) is 36.1. The van der Waals surface area contributed by atoms with E-state index in [-0.39, 0.29) is 40.0 Å². The van der Waals surface area contributed by atoms with Gasteiger partial charge in [-0.1, -0.05) is 125 Å². The Bertz CT molecular complexity index is 874. The molecule has 5 heteroatoms. The van der Waals surface area contributed by atoms with E-state index in [1.165, 1.54) is 0 Å². The van der Waals surface area contributed by atoms with Crippen LogP contribution in [0.3, 0.4) is 0 Å². The smallest absolute Gasteiger partial charge is 0.184 e. The minimum absolute atomic E-state index is 0.0544. The molecule has 5 nitrogen and oxygen atoms in total. The minimum atomic E-state index is 0.0544. The lowest BCUT2D eigenvalue weighted by molar-refractivity contribution is -0.122. The average Bonchev–Trinajstić information content (AvgIpc) is 3.12. The fourth-order valence-electron chi connectivity index (χ4n) is 5.38. The van der Waals surface area contributed by atoms with Gasteiger partial charge in [0, 0.05) is 38.7 Å². The van der Waals surface area contributed by atoms with Crippen LogP contribution >= 0.6 is 0 Å². The van der Waals surface area contributed by atoms with E-state index in [1.807, 2.05) is 0 Å². The molecular weight excluding hydrogens is 558 g/mol. The monoisotopic (exact) mass is 638 g/mol. The first kappa shape index (κ1) is 45.9. The van der Waals surface area contributed by atoms with Crippen molar-refractivity contribution < 1.29 is 19.4 Å². The Labute approximate surface area is 281 Å². The Balaban J connectivity index is 0. The van der Waals surface area contributed by atoms with Crippen molar-refractivity contribution in [2.24, 2.45) is 43.4 Å². The van der Waals surface area contributed by atoms with Gasteiger partial charge in [0.05, 0.1) is 6.04 Å². The maximum absolute atomic E-state index is 11.8. The van der Waals surface area contributed by atoms with Gasteiger partial charge in [0.25, 0.3) is 0 Å². The Hall–Kier alpha value is -1.23. The van der Waals surface area contributed by atoms with Gasteiger partial charge in [0.1, 0.15) is 18.2 Å². The molecule has 1 aliphatic rings. The molecule has 1 aliphatic heterocycles. The molecule has 1 heterocycles. The first-order chi connectivity index (χ1) is 19.8. The summed E-state index contributed by atoms with van der Waals surface area (Å²) in [5, 5.41) is 9.28. The van der Waals surface area contributed by atoms with Gasteiger partial charge >= 0.3 is 0 Å². The van der Waals surface area contributed by atoms with Crippen LogP contribution in [0.4, 0.5) is 0 Å². The second kappa shape index (κ2) is 18.9. The van der Waals surface area contributed by atoms with E-state index in [2.05, 4.69) is 130 Å². The molecule has 1 rings (SSSR count). The maximum Gasteiger partial charge on any atom is 0.184 e.